The van der Waals surface area contributed by atoms with E-state index in [-0.39, 0.29) is 17.5 Å². The van der Waals surface area contributed by atoms with E-state index in [4.69, 9.17) is 4.42 Å². The summed E-state index contributed by atoms with van der Waals surface area (Å²) in [5, 5.41) is 5.39. The van der Waals surface area contributed by atoms with Crippen molar-refractivity contribution in [2.24, 2.45) is 5.92 Å². The summed E-state index contributed by atoms with van der Waals surface area (Å²) in [5.74, 6) is 0.854. The molecular weight excluding hydrogens is 483 g/mol. The minimum Gasteiger partial charge on any atom is -0.423 e. The van der Waals surface area contributed by atoms with E-state index in [9.17, 15) is 9.18 Å². The number of nitrogens with zero attached hydrogens (tertiary/aromatic N) is 1. The molecule has 4 aromatic rings. The van der Waals surface area contributed by atoms with Crippen molar-refractivity contribution in [2.75, 3.05) is 5.32 Å². The van der Waals surface area contributed by atoms with Gasteiger partial charge in [-0.2, -0.15) is 0 Å². The standard InChI is InChI=1S/C27H26BrFN2O2/c1-16(31-25-15-27(32)33-26-13-19(28)6-8-22(25)26)12-17-2-4-18(5-3-17)21-10-11-30-24-9-7-20(29)14-23(21)24/h6-11,13-18,31H,2-5,12H2,1H3/t16-,17?,18?/m1/s1. The van der Waals surface area contributed by atoms with Crippen LogP contribution in [-0.4, -0.2) is 11.0 Å². The summed E-state index contributed by atoms with van der Waals surface area (Å²) in [4.78, 5) is 16.4. The quantitative estimate of drug-likeness (QED) is 0.285. The van der Waals surface area contributed by atoms with Gasteiger partial charge in [-0.1, -0.05) is 15.9 Å². The molecular formula is C27H26BrFN2O2. The number of rotatable bonds is 5. The Morgan fingerprint density at radius 3 is 2.73 bits per heavy atom. The van der Waals surface area contributed by atoms with Crippen molar-refractivity contribution in [3.05, 3.63) is 81.0 Å². The predicted octanol–water partition coefficient (Wildman–Crippen LogP) is 7.41. The van der Waals surface area contributed by atoms with Gasteiger partial charge in [0.15, 0.2) is 0 Å². The molecule has 1 aliphatic rings. The zero-order chi connectivity index (χ0) is 22.9. The molecule has 0 aliphatic heterocycles. The Morgan fingerprint density at radius 2 is 1.91 bits per heavy atom. The van der Waals surface area contributed by atoms with Crippen molar-refractivity contribution < 1.29 is 8.81 Å². The molecule has 170 valence electrons. The number of fused-ring (bicyclic) bond motifs is 2. The molecule has 0 unspecified atom stereocenters. The van der Waals surface area contributed by atoms with Crippen LogP contribution in [0, 0.1) is 11.7 Å². The number of anilines is 1. The van der Waals surface area contributed by atoms with Crippen LogP contribution >= 0.6 is 15.9 Å². The van der Waals surface area contributed by atoms with Crippen LogP contribution in [0.4, 0.5) is 10.1 Å². The van der Waals surface area contributed by atoms with Crippen molar-refractivity contribution in [3.63, 3.8) is 0 Å². The van der Waals surface area contributed by atoms with E-state index >= 15 is 0 Å². The summed E-state index contributed by atoms with van der Waals surface area (Å²) in [6, 6.07) is 14.4. The monoisotopic (exact) mass is 508 g/mol. The maximum absolute atomic E-state index is 13.8. The lowest BCUT2D eigenvalue weighted by molar-refractivity contribution is 0.302. The molecule has 33 heavy (non-hydrogen) atoms. The van der Waals surface area contributed by atoms with Crippen LogP contribution in [0.3, 0.4) is 0 Å². The summed E-state index contributed by atoms with van der Waals surface area (Å²) in [5.41, 5.74) is 3.13. The van der Waals surface area contributed by atoms with E-state index in [1.807, 2.05) is 24.4 Å². The fourth-order valence-corrected chi connectivity index (χ4v) is 5.63. The summed E-state index contributed by atoms with van der Waals surface area (Å²) in [6.45, 7) is 2.17. The second-order valence-corrected chi connectivity index (χ2v) is 10.1. The average Bonchev–Trinajstić information content (AvgIpc) is 2.78. The average molecular weight is 509 g/mol. The van der Waals surface area contributed by atoms with E-state index in [0.717, 1.165) is 58.6 Å². The van der Waals surface area contributed by atoms with Crippen LogP contribution in [0.5, 0.6) is 0 Å². The number of benzene rings is 2. The third-order valence-corrected chi connectivity index (χ3v) is 7.31. The van der Waals surface area contributed by atoms with Crippen molar-refractivity contribution in [1.82, 2.24) is 4.98 Å². The predicted molar refractivity (Wildman–Crippen MR) is 134 cm³/mol. The van der Waals surface area contributed by atoms with Crippen LogP contribution in [0.2, 0.25) is 0 Å². The second-order valence-electron chi connectivity index (χ2n) is 9.18. The first-order chi connectivity index (χ1) is 16.0. The lowest BCUT2D eigenvalue weighted by atomic mass is 9.76. The van der Waals surface area contributed by atoms with E-state index < -0.39 is 0 Å². The number of aromatic nitrogens is 1. The van der Waals surface area contributed by atoms with Crippen LogP contribution in [0.15, 0.2) is 68.4 Å². The van der Waals surface area contributed by atoms with Gasteiger partial charge in [0.2, 0.25) is 0 Å². The molecule has 6 heteroatoms. The zero-order valence-corrected chi connectivity index (χ0v) is 20.1. The number of halogens is 2. The first-order valence-electron chi connectivity index (χ1n) is 11.5. The minimum absolute atomic E-state index is 0.208. The van der Waals surface area contributed by atoms with Crippen molar-refractivity contribution in [3.8, 4) is 0 Å². The van der Waals surface area contributed by atoms with E-state index in [0.29, 0.717) is 17.4 Å². The minimum atomic E-state index is -0.350. The topological polar surface area (TPSA) is 55.1 Å². The summed E-state index contributed by atoms with van der Waals surface area (Å²) in [6.07, 6.45) is 7.35. The highest BCUT2D eigenvalue weighted by molar-refractivity contribution is 9.10. The molecule has 0 saturated heterocycles. The van der Waals surface area contributed by atoms with Crippen molar-refractivity contribution in [2.45, 2.75) is 51.0 Å². The molecule has 4 nitrogen and oxygen atoms in total. The number of hydrogen-bond acceptors (Lipinski definition) is 4. The van der Waals surface area contributed by atoms with Gasteiger partial charge in [-0.15, -0.1) is 0 Å². The fraction of sp³-hybridized carbons (Fsp3) is 0.333. The lowest BCUT2D eigenvalue weighted by Crippen LogP contribution is -2.23. The maximum atomic E-state index is 13.8. The fourth-order valence-electron chi connectivity index (χ4n) is 5.29. The molecule has 0 spiro atoms. The molecule has 2 heterocycles. The van der Waals surface area contributed by atoms with Crippen molar-refractivity contribution in [1.29, 1.82) is 0 Å². The van der Waals surface area contributed by atoms with Crippen LogP contribution in [0.1, 0.15) is 50.5 Å². The highest BCUT2D eigenvalue weighted by Crippen LogP contribution is 2.40. The van der Waals surface area contributed by atoms with Gasteiger partial charge < -0.3 is 9.73 Å². The van der Waals surface area contributed by atoms with Crippen LogP contribution in [0.25, 0.3) is 21.9 Å². The van der Waals surface area contributed by atoms with Gasteiger partial charge in [-0.05, 0) is 98.9 Å². The Hall–Kier alpha value is -2.73. The van der Waals surface area contributed by atoms with Gasteiger partial charge in [0, 0.05) is 33.6 Å². The highest BCUT2D eigenvalue weighted by atomic mass is 79.9. The third-order valence-electron chi connectivity index (χ3n) is 6.82. The number of hydrogen-bond donors (Lipinski definition) is 1. The molecule has 2 aromatic heterocycles. The number of pyridine rings is 1. The van der Waals surface area contributed by atoms with Gasteiger partial charge in [0.05, 0.1) is 11.2 Å². The Bertz CT molecular complexity index is 1360. The molecule has 1 N–H and O–H groups in total. The molecule has 0 bridgehead atoms. The lowest BCUT2D eigenvalue weighted by Gasteiger charge is -2.31. The maximum Gasteiger partial charge on any atom is 0.338 e. The van der Waals surface area contributed by atoms with E-state index in [2.05, 4.69) is 39.2 Å². The molecule has 1 aliphatic carbocycles. The van der Waals surface area contributed by atoms with Gasteiger partial charge in [-0.25, -0.2) is 9.18 Å². The summed E-state index contributed by atoms with van der Waals surface area (Å²) < 4.78 is 20.1. The molecule has 5 rings (SSSR count). The smallest absolute Gasteiger partial charge is 0.338 e. The SMILES string of the molecule is C[C@H](CC1CCC(c2ccnc3ccc(F)cc23)CC1)Nc1cc(=O)oc2cc(Br)ccc12. The van der Waals surface area contributed by atoms with Gasteiger partial charge in [0.1, 0.15) is 11.4 Å². The summed E-state index contributed by atoms with van der Waals surface area (Å²) >= 11 is 3.43. The molecule has 1 fully saturated rings. The molecule has 0 radical (unpaired) electrons. The summed E-state index contributed by atoms with van der Waals surface area (Å²) in [7, 11) is 0. The van der Waals surface area contributed by atoms with E-state index in [1.165, 1.54) is 17.7 Å². The molecule has 0 amide bonds. The zero-order valence-electron chi connectivity index (χ0n) is 18.5. The Labute approximate surface area is 200 Å². The van der Waals surface area contributed by atoms with Gasteiger partial charge in [0.25, 0.3) is 0 Å². The van der Waals surface area contributed by atoms with Crippen LogP contribution < -0.4 is 10.9 Å². The largest absolute Gasteiger partial charge is 0.423 e. The Kier molecular flexibility index (Phi) is 6.19. The normalized spacial score (nSPS) is 19.6. The van der Waals surface area contributed by atoms with Gasteiger partial charge in [-0.3, -0.25) is 4.98 Å². The van der Waals surface area contributed by atoms with Gasteiger partial charge >= 0.3 is 5.63 Å². The first kappa shape index (κ1) is 22.1. The third kappa shape index (κ3) is 4.81. The van der Waals surface area contributed by atoms with Crippen LogP contribution in [-0.2, 0) is 0 Å². The second kappa shape index (κ2) is 9.26. The Balaban J connectivity index is 1.25. The molecule has 1 saturated carbocycles. The Morgan fingerprint density at radius 1 is 1.09 bits per heavy atom. The molecule has 1 atom stereocenters. The van der Waals surface area contributed by atoms with Crippen molar-refractivity contribution >= 4 is 43.5 Å². The highest BCUT2D eigenvalue weighted by Gasteiger charge is 2.25. The molecule has 2 aromatic carbocycles. The number of nitrogens with one attached hydrogen (secondary N) is 1. The first-order valence-corrected chi connectivity index (χ1v) is 12.3. The van der Waals surface area contributed by atoms with E-state index in [1.54, 1.807) is 12.1 Å².